The summed E-state index contributed by atoms with van der Waals surface area (Å²) in [6.45, 7) is 7.56. The van der Waals surface area contributed by atoms with Crippen molar-refractivity contribution in [2.75, 3.05) is 25.0 Å². The van der Waals surface area contributed by atoms with Gasteiger partial charge in [0.05, 0.1) is 11.8 Å². The number of anilines is 1. The number of nitrogens with zero attached hydrogens (tertiary/aromatic N) is 5. The lowest BCUT2D eigenvalue weighted by atomic mass is 10.0. The number of nitrogens with one attached hydrogen (secondary N) is 1. The molecule has 1 fully saturated rings. The van der Waals surface area contributed by atoms with Crippen molar-refractivity contribution in [1.29, 1.82) is 0 Å². The third-order valence-electron chi connectivity index (χ3n) is 4.67. The molecule has 7 nitrogen and oxygen atoms in total. The van der Waals surface area contributed by atoms with Gasteiger partial charge in [-0.25, -0.2) is 9.97 Å². The first kappa shape index (κ1) is 16.4. The van der Waals surface area contributed by atoms with Crippen molar-refractivity contribution in [1.82, 2.24) is 25.1 Å². The highest BCUT2D eigenvalue weighted by Crippen LogP contribution is 2.22. The van der Waals surface area contributed by atoms with Crippen molar-refractivity contribution in [3.8, 4) is 0 Å². The van der Waals surface area contributed by atoms with Crippen molar-refractivity contribution in [2.24, 2.45) is 0 Å². The molecule has 0 bridgehead atoms. The van der Waals surface area contributed by atoms with Crippen LogP contribution in [-0.4, -0.2) is 57.2 Å². The van der Waals surface area contributed by atoms with E-state index in [2.05, 4.69) is 25.1 Å². The van der Waals surface area contributed by atoms with E-state index in [9.17, 15) is 4.79 Å². The third kappa shape index (κ3) is 3.25. The highest BCUT2D eigenvalue weighted by molar-refractivity contribution is 5.95. The Morgan fingerprint density at radius 1 is 1.25 bits per heavy atom. The number of carbonyl (C=O) groups excluding carboxylic acids is 1. The Bertz CT molecular complexity index is 712. The minimum Gasteiger partial charge on any atom is -0.356 e. The minimum absolute atomic E-state index is 0.0356. The molecule has 0 saturated carbocycles. The molecule has 2 aromatic heterocycles. The van der Waals surface area contributed by atoms with E-state index in [-0.39, 0.29) is 11.9 Å². The molecule has 1 N–H and O–H groups in total. The Morgan fingerprint density at radius 2 is 1.96 bits per heavy atom. The third-order valence-corrected chi connectivity index (χ3v) is 4.67. The van der Waals surface area contributed by atoms with Crippen LogP contribution in [0.25, 0.3) is 0 Å². The average molecular weight is 328 g/mol. The summed E-state index contributed by atoms with van der Waals surface area (Å²) in [6.07, 6.45) is 3.47. The van der Waals surface area contributed by atoms with Gasteiger partial charge >= 0.3 is 0 Å². The van der Waals surface area contributed by atoms with Crippen LogP contribution in [0.3, 0.4) is 0 Å². The second-order valence-electron chi connectivity index (χ2n) is 6.46. The summed E-state index contributed by atoms with van der Waals surface area (Å²) in [7, 11) is 1.88. The second kappa shape index (κ2) is 6.59. The highest BCUT2D eigenvalue weighted by atomic mass is 16.2. The summed E-state index contributed by atoms with van der Waals surface area (Å²) in [4.78, 5) is 25.6. The zero-order valence-corrected chi connectivity index (χ0v) is 14.7. The Balaban J connectivity index is 1.64. The van der Waals surface area contributed by atoms with Crippen molar-refractivity contribution in [3.05, 3.63) is 35.0 Å². The van der Waals surface area contributed by atoms with E-state index in [0.717, 1.165) is 49.0 Å². The molecule has 0 atom stereocenters. The molecule has 1 aliphatic heterocycles. The Labute approximate surface area is 142 Å². The zero-order chi connectivity index (χ0) is 17.3. The van der Waals surface area contributed by atoms with Crippen LogP contribution in [0.15, 0.2) is 12.3 Å². The van der Waals surface area contributed by atoms with Crippen molar-refractivity contribution >= 4 is 11.7 Å². The number of amides is 1. The molecule has 0 spiro atoms. The minimum atomic E-state index is 0.0356. The maximum Gasteiger partial charge on any atom is 0.257 e. The Hall–Kier alpha value is -2.44. The molecule has 0 aliphatic carbocycles. The maximum absolute atomic E-state index is 12.6. The molecule has 128 valence electrons. The summed E-state index contributed by atoms with van der Waals surface area (Å²) in [5.74, 6) is 1.82. The number of hydrogen-bond acceptors (Lipinski definition) is 5. The standard InChI is InChI=1S/C17H24N6O/c1-11-9-16(20-13(3)19-11)23-7-5-14(6-8-23)22(4)17(24)15-10-18-21-12(15)2/h9-10,14H,5-8H2,1-4H3,(H,18,21). The maximum atomic E-state index is 12.6. The molecule has 3 heterocycles. The Kier molecular flexibility index (Phi) is 4.51. The van der Waals surface area contributed by atoms with Gasteiger partial charge < -0.3 is 9.80 Å². The van der Waals surface area contributed by atoms with Gasteiger partial charge in [0, 0.05) is 43.6 Å². The van der Waals surface area contributed by atoms with Crippen LogP contribution < -0.4 is 4.90 Å². The van der Waals surface area contributed by atoms with E-state index >= 15 is 0 Å². The Morgan fingerprint density at radius 3 is 2.54 bits per heavy atom. The van der Waals surface area contributed by atoms with Crippen LogP contribution in [0, 0.1) is 20.8 Å². The molecule has 0 radical (unpaired) electrons. The SMILES string of the molecule is Cc1cc(N2CCC(N(C)C(=O)c3cn[nH]c3C)CC2)nc(C)n1. The predicted octanol–water partition coefficient (Wildman–Crippen LogP) is 1.87. The van der Waals surface area contributed by atoms with Crippen LogP contribution in [0.4, 0.5) is 5.82 Å². The molecule has 1 aliphatic rings. The summed E-state index contributed by atoms with van der Waals surface area (Å²) < 4.78 is 0. The molecule has 2 aromatic rings. The molecule has 1 saturated heterocycles. The van der Waals surface area contributed by atoms with Crippen LogP contribution >= 0.6 is 0 Å². The van der Waals surface area contributed by atoms with Crippen LogP contribution in [-0.2, 0) is 0 Å². The van der Waals surface area contributed by atoms with Gasteiger partial charge in [0.1, 0.15) is 11.6 Å². The first-order valence-electron chi connectivity index (χ1n) is 8.30. The van der Waals surface area contributed by atoms with E-state index in [0.29, 0.717) is 5.56 Å². The molecular weight excluding hydrogens is 304 g/mol. The quantitative estimate of drug-likeness (QED) is 0.930. The van der Waals surface area contributed by atoms with Gasteiger partial charge in [0.15, 0.2) is 0 Å². The zero-order valence-electron chi connectivity index (χ0n) is 14.7. The summed E-state index contributed by atoms with van der Waals surface area (Å²) >= 11 is 0. The fourth-order valence-electron chi connectivity index (χ4n) is 3.26. The number of piperidine rings is 1. The number of hydrogen-bond donors (Lipinski definition) is 1. The van der Waals surface area contributed by atoms with Gasteiger partial charge in [-0.15, -0.1) is 0 Å². The van der Waals surface area contributed by atoms with Crippen molar-refractivity contribution in [2.45, 2.75) is 39.7 Å². The van der Waals surface area contributed by atoms with Crippen LogP contribution in [0.1, 0.15) is 40.4 Å². The number of rotatable bonds is 3. The first-order chi connectivity index (χ1) is 11.5. The largest absolute Gasteiger partial charge is 0.356 e. The lowest BCUT2D eigenvalue weighted by molar-refractivity contribution is 0.0708. The topological polar surface area (TPSA) is 78.0 Å². The molecule has 0 aromatic carbocycles. The lowest BCUT2D eigenvalue weighted by Crippen LogP contribution is -2.46. The van der Waals surface area contributed by atoms with Gasteiger partial charge in [0.25, 0.3) is 5.91 Å². The predicted molar refractivity (Wildman–Crippen MR) is 92.2 cm³/mol. The van der Waals surface area contributed by atoms with Crippen LogP contribution in [0.2, 0.25) is 0 Å². The van der Waals surface area contributed by atoms with E-state index < -0.39 is 0 Å². The number of aryl methyl sites for hydroxylation is 3. The smallest absolute Gasteiger partial charge is 0.257 e. The second-order valence-corrected chi connectivity index (χ2v) is 6.46. The molecular formula is C17H24N6O. The van der Waals surface area contributed by atoms with Gasteiger partial charge in [-0.3, -0.25) is 9.89 Å². The van der Waals surface area contributed by atoms with E-state index in [1.165, 1.54) is 0 Å². The average Bonchev–Trinajstić information content (AvgIpc) is 2.99. The summed E-state index contributed by atoms with van der Waals surface area (Å²) in [5, 5.41) is 6.77. The van der Waals surface area contributed by atoms with E-state index in [1.807, 2.05) is 38.8 Å². The number of aromatic nitrogens is 4. The van der Waals surface area contributed by atoms with E-state index in [4.69, 9.17) is 0 Å². The van der Waals surface area contributed by atoms with Gasteiger partial charge in [0.2, 0.25) is 0 Å². The monoisotopic (exact) mass is 328 g/mol. The molecule has 1 amide bonds. The van der Waals surface area contributed by atoms with Crippen molar-refractivity contribution < 1.29 is 4.79 Å². The molecule has 7 heteroatoms. The molecule has 24 heavy (non-hydrogen) atoms. The summed E-state index contributed by atoms with van der Waals surface area (Å²) in [5.41, 5.74) is 2.46. The highest BCUT2D eigenvalue weighted by Gasteiger charge is 2.27. The first-order valence-corrected chi connectivity index (χ1v) is 8.30. The van der Waals surface area contributed by atoms with Gasteiger partial charge in [-0.05, 0) is 33.6 Å². The van der Waals surface area contributed by atoms with Gasteiger partial charge in [-0.2, -0.15) is 5.10 Å². The summed E-state index contributed by atoms with van der Waals surface area (Å²) in [6, 6.07) is 2.27. The number of carbonyl (C=O) groups is 1. The van der Waals surface area contributed by atoms with Crippen LogP contribution in [0.5, 0.6) is 0 Å². The lowest BCUT2D eigenvalue weighted by Gasteiger charge is -2.37. The molecule has 0 unspecified atom stereocenters. The van der Waals surface area contributed by atoms with Gasteiger partial charge in [-0.1, -0.05) is 0 Å². The molecule has 3 rings (SSSR count). The fourth-order valence-corrected chi connectivity index (χ4v) is 3.26. The fraction of sp³-hybridized carbons (Fsp3) is 0.529. The van der Waals surface area contributed by atoms with E-state index in [1.54, 1.807) is 6.20 Å². The van der Waals surface area contributed by atoms with Crippen molar-refractivity contribution in [3.63, 3.8) is 0 Å². The normalized spacial score (nSPS) is 15.6. The number of H-pyrrole nitrogens is 1. The number of aromatic amines is 1.